The van der Waals surface area contributed by atoms with Crippen molar-refractivity contribution in [2.45, 2.75) is 199 Å². The fourth-order valence-corrected chi connectivity index (χ4v) is 6.31. The third kappa shape index (κ3) is 35.3. The quantitative estimate of drug-likeness (QED) is 0.0219. The predicted molar refractivity (Wildman–Crippen MR) is 225 cm³/mol. The number of nitrogens with zero attached hydrogens (tertiary/aromatic N) is 1. The monoisotopic (exact) mass is 763 g/mol. The van der Waals surface area contributed by atoms with Crippen LogP contribution in [0, 0.1) is 0 Å². The van der Waals surface area contributed by atoms with Crippen molar-refractivity contribution >= 4 is 17.9 Å². The fourth-order valence-electron chi connectivity index (χ4n) is 6.31. The molecule has 0 saturated heterocycles. The zero-order valence-corrected chi connectivity index (χ0v) is 35.7. The molecule has 0 radical (unpaired) electrons. The van der Waals surface area contributed by atoms with Gasteiger partial charge in [0.1, 0.15) is 6.61 Å². The van der Waals surface area contributed by atoms with Gasteiger partial charge in [-0.1, -0.05) is 140 Å². The molecule has 8 nitrogen and oxygen atoms in total. The molecule has 0 aromatic heterocycles. The van der Waals surface area contributed by atoms with Crippen LogP contribution in [0.2, 0.25) is 0 Å². The SMILES string of the molecule is CCCCC/C=C/C=C/CCCCCCCCC(=O)OCC(COCCC(C(=O)O)[N+](C)(C)C)OC(=O)CCCCCCCCC/C=C/CCCCCC. The standard InChI is InChI=1S/C46H83NO7/c1-6-8-10-12-14-16-18-20-22-24-26-28-30-32-34-36-44(48)53-41-42(40-52-39-38-43(46(50)51)47(3,4)5)54-45(49)37-35-33-31-29-27-25-23-21-19-17-15-13-11-9-7-2/h14,16-20,42-43H,6-13,15,21-41H2,1-5H3/p+1/b16-14+,19-17+,20-18+. The summed E-state index contributed by atoms with van der Waals surface area (Å²) in [5.74, 6) is -1.49. The summed E-state index contributed by atoms with van der Waals surface area (Å²) in [7, 11) is 5.52. The van der Waals surface area contributed by atoms with Crippen molar-refractivity contribution in [1.82, 2.24) is 0 Å². The maximum Gasteiger partial charge on any atom is 0.362 e. The molecule has 0 bridgehead atoms. The number of carboxylic acid groups (broad SMARTS) is 1. The first-order chi connectivity index (χ1) is 26.1. The van der Waals surface area contributed by atoms with E-state index in [0.29, 0.717) is 19.3 Å². The van der Waals surface area contributed by atoms with Gasteiger partial charge in [-0.15, -0.1) is 0 Å². The predicted octanol–water partition coefficient (Wildman–Crippen LogP) is 11.9. The number of unbranched alkanes of at least 4 members (excludes halogenated alkanes) is 20. The van der Waals surface area contributed by atoms with Gasteiger partial charge >= 0.3 is 17.9 Å². The molecule has 0 aliphatic carbocycles. The van der Waals surface area contributed by atoms with E-state index in [0.717, 1.165) is 44.9 Å². The van der Waals surface area contributed by atoms with Crippen molar-refractivity contribution in [2.75, 3.05) is 41.0 Å². The second kappa shape index (κ2) is 37.5. The van der Waals surface area contributed by atoms with E-state index in [-0.39, 0.29) is 36.2 Å². The lowest BCUT2D eigenvalue weighted by atomic mass is 10.1. The number of carboxylic acids is 1. The first kappa shape index (κ1) is 51.5. The Morgan fingerprint density at radius 1 is 0.556 bits per heavy atom. The highest BCUT2D eigenvalue weighted by molar-refractivity contribution is 5.72. The Hall–Kier alpha value is -2.45. The minimum Gasteiger partial charge on any atom is -0.477 e. The lowest BCUT2D eigenvalue weighted by Gasteiger charge is -2.31. The third-order valence-electron chi connectivity index (χ3n) is 9.79. The molecule has 0 spiro atoms. The van der Waals surface area contributed by atoms with Gasteiger partial charge < -0.3 is 23.8 Å². The first-order valence-electron chi connectivity index (χ1n) is 22.0. The summed E-state index contributed by atoms with van der Waals surface area (Å²) >= 11 is 0. The van der Waals surface area contributed by atoms with Crippen LogP contribution in [0.3, 0.4) is 0 Å². The molecule has 0 fully saturated rings. The molecule has 8 heteroatoms. The van der Waals surface area contributed by atoms with Crippen LogP contribution in [0.4, 0.5) is 0 Å². The van der Waals surface area contributed by atoms with Crippen LogP contribution >= 0.6 is 0 Å². The van der Waals surface area contributed by atoms with E-state index >= 15 is 0 Å². The van der Waals surface area contributed by atoms with Crippen LogP contribution in [0.15, 0.2) is 36.5 Å². The largest absolute Gasteiger partial charge is 0.477 e. The summed E-state index contributed by atoms with van der Waals surface area (Å²) in [4.78, 5) is 36.9. The average molecular weight is 763 g/mol. The van der Waals surface area contributed by atoms with E-state index in [9.17, 15) is 19.5 Å². The number of aliphatic carboxylic acids is 1. The van der Waals surface area contributed by atoms with Crippen LogP contribution in [0.1, 0.15) is 187 Å². The van der Waals surface area contributed by atoms with E-state index in [1.54, 1.807) is 0 Å². The van der Waals surface area contributed by atoms with Gasteiger partial charge in [-0.05, 0) is 64.2 Å². The van der Waals surface area contributed by atoms with Crippen molar-refractivity contribution in [3.63, 3.8) is 0 Å². The zero-order chi connectivity index (χ0) is 40.0. The normalized spacial score (nSPS) is 13.3. The molecule has 1 N–H and O–H groups in total. The van der Waals surface area contributed by atoms with E-state index in [4.69, 9.17) is 14.2 Å². The van der Waals surface area contributed by atoms with Gasteiger partial charge in [0.25, 0.3) is 0 Å². The second-order valence-electron chi connectivity index (χ2n) is 16.0. The average Bonchev–Trinajstić information content (AvgIpc) is 3.12. The summed E-state index contributed by atoms with van der Waals surface area (Å²) in [5.41, 5.74) is 0. The maximum absolute atomic E-state index is 12.7. The Kier molecular flexibility index (Phi) is 35.8. The van der Waals surface area contributed by atoms with Crippen molar-refractivity contribution in [3.8, 4) is 0 Å². The molecule has 0 rings (SSSR count). The van der Waals surface area contributed by atoms with E-state index in [1.807, 2.05) is 21.1 Å². The fraction of sp³-hybridized carbons (Fsp3) is 0.804. The molecular weight excluding hydrogens is 679 g/mol. The Morgan fingerprint density at radius 3 is 1.48 bits per heavy atom. The van der Waals surface area contributed by atoms with Crippen molar-refractivity contribution in [1.29, 1.82) is 0 Å². The number of carbonyl (C=O) groups is 3. The van der Waals surface area contributed by atoms with Crippen molar-refractivity contribution < 1.29 is 38.2 Å². The molecular formula is C46H84NO7+. The number of esters is 2. The summed E-state index contributed by atoms with van der Waals surface area (Å²) in [5, 5.41) is 9.61. The third-order valence-corrected chi connectivity index (χ3v) is 9.79. The smallest absolute Gasteiger partial charge is 0.362 e. The highest BCUT2D eigenvalue weighted by atomic mass is 16.6. The van der Waals surface area contributed by atoms with Crippen LogP contribution in [-0.2, 0) is 28.6 Å². The van der Waals surface area contributed by atoms with Crippen LogP contribution in [0.25, 0.3) is 0 Å². The minimum absolute atomic E-state index is 0.0565. The van der Waals surface area contributed by atoms with Gasteiger partial charge in [-0.2, -0.15) is 0 Å². The molecule has 0 aromatic rings. The number of quaternary nitrogens is 1. The Labute approximate surface area is 332 Å². The van der Waals surface area contributed by atoms with Gasteiger partial charge in [-0.3, -0.25) is 9.59 Å². The maximum atomic E-state index is 12.7. The molecule has 0 aliphatic rings. The Bertz CT molecular complexity index is 984. The molecule has 54 heavy (non-hydrogen) atoms. The van der Waals surface area contributed by atoms with Crippen molar-refractivity contribution in [3.05, 3.63) is 36.5 Å². The molecule has 0 amide bonds. The van der Waals surface area contributed by atoms with Crippen LogP contribution in [0.5, 0.6) is 0 Å². The number of ether oxygens (including phenoxy) is 3. The Morgan fingerprint density at radius 2 is 0.981 bits per heavy atom. The van der Waals surface area contributed by atoms with Gasteiger partial charge in [0.2, 0.25) is 0 Å². The van der Waals surface area contributed by atoms with E-state index in [1.165, 1.54) is 109 Å². The highest BCUT2D eigenvalue weighted by Gasteiger charge is 2.31. The van der Waals surface area contributed by atoms with Crippen LogP contribution < -0.4 is 0 Å². The van der Waals surface area contributed by atoms with Crippen molar-refractivity contribution in [2.24, 2.45) is 0 Å². The second-order valence-corrected chi connectivity index (χ2v) is 16.0. The highest BCUT2D eigenvalue weighted by Crippen LogP contribution is 2.14. The summed E-state index contributed by atoms with van der Waals surface area (Å²) < 4.78 is 17.3. The Balaban J connectivity index is 4.37. The number of rotatable bonds is 39. The van der Waals surface area contributed by atoms with Gasteiger partial charge in [-0.25, -0.2) is 4.79 Å². The van der Waals surface area contributed by atoms with E-state index in [2.05, 4.69) is 50.3 Å². The molecule has 314 valence electrons. The van der Waals surface area contributed by atoms with Crippen LogP contribution in [-0.4, -0.2) is 80.6 Å². The zero-order valence-electron chi connectivity index (χ0n) is 35.7. The molecule has 2 atom stereocenters. The molecule has 0 aromatic carbocycles. The number of allylic oxidation sites excluding steroid dienone is 6. The van der Waals surface area contributed by atoms with Gasteiger partial charge in [0.15, 0.2) is 12.1 Å². The van der Waals surface area contributed by atoms with E-state index < -0.39 is 18.1 Å². The number of carbonyl (C=O) groups excluding carboxylic acids is 2. The molecule has 0 saturated carbocycles. The number of hydrogen-bond acceptors (Lipinski definition) is 6. The summed E-state index contributed by atoms with van der Waals surface area (Å²) in [6.45, 7) is 4.68. The lowest BCUT2D eigenvalue weighted by molar-refractivity contribution is -0.887. The summed E-state index contributed by atoms with van der Waals surface area (Å²) in [6.07, 6.45) is 41.7. The van der Waals surface area contributed by atoms with Gasteiger partial charge in [0.05, 0.1) is 34.4 Å². The topological polar surface area (TPSA) is 99.1 Å². The minimum atomic E-state index is -0.878. The summed E-state index contributed by atoms with van der Waals surface area (Å²) in [6, 6.07) is -0.616. The molecule has 2 unspecified atom stereocenters. The molecule has 0 heterocycles. The first-order valence-corrected chi connectivity index (χ1v) is 22.0. The van der Waals surface area contributed by atoms with Gasteiger partial charge in [0, 0.05) is 19.3 Å². The molecule has 0 aliphatic heterocycles. The number of likely N-dealkylation sites (N-methyl/N-ethyl adjacent to an activating group) is 1. The lowest BCUT2D eigenvalue weighted by Crippen LogP contribution is -2.50. The number of hydrogen-bond donors (Lipinski definition) is 1.